The molecule has 0 amide bonds. The molecule has 47 heavy (non-hydrogen) atoms. The van der Waals surface area contributed by atoms with Gasteiger partial charge in [-0.25, -0.2) is 13.2 Å². The first kappa shape index (κ1) is 33.3. The van der Waals surface area contributed by atoms with Crippen molar-refractivity contribution in [2.75, 3.05) is 20.3 Å². The molecule has 0 spiro atoms. The topological polar surface area (TPSA) is 78.9 Å². The fourth-order valence-corrected chi connectivity index (χ4v) is 6.48. The average molecular weight is 647 g/mol. The van der Waals surface area contributed by atoms with Crippen molar-refractivity contribution in [3.63, 3.8) is 0 Å². The highest BCUT2D eigenvalue weighted by Gasteiger charge is 2.26. The Morgan fingerprint density at radius 2 is 1.45 bits per heavy atom. The number of esters is 1. The predicted octanol–water partition coefficient (Wildman–Crippen LogP) is 7.90. The smallest absolute Gasteiger partial charge is 0.343 e. The minimum atomic E-state index is -3.37. The molecule has 0 atom stereocenters. The number of fused-ring (bicyclic) bond motifs is 1. The van der Waals surface area contributed by atoms with Crippen molar-refractivity contribution < 1.29 is 27.4 Å². The van der Waals surface area contributed by atoms with Crippen LogP contribution >= 0.6 is 0 Å². The van der Waals surface area contributed by atoms with Crippen LogP contribution in [0.5, 0.6) is 11.5 Å². The van der Waals surface area contributed by atoms with Crippen LogP contribution in [0, 0.1) is 18.8 Å². The summed E-state index contributed by atoms with van der Waals surface area (Å²) in [5.74, 6) is 7.22. The number of carbonyl (C=O) groups is 1. The van der Waals surface area contributed by atoms with E-state index < -0.39 is 15.8 Å². The van der Waals surface area contributed by atoms with Crippen LogP contribution in [0.4, 0.5) is 0 Å². The number of aryl methyl sites for hydroxylation is 1. The van der Waals surface area contributed by atoms with Crippen molar-refractivity contribution >= 4 is 27.5 Å². The Balaban J connectivity index is 1.36. The summed E-state index contributed by atoms with van der Waals surface area (Å²) in [6.45, 7) is 10.3. The number of sulfone groups is 1. The third kappa shape index (κ3) is 7.85. The molecule has 6 nitrogen and oxygen atoms in total. The Hall–Kier alpha value is -5.06. The number of carbonyl (C=O) groups excluding carboxylic acids is 1. The summed E-state index contributed by atoms with van der Waals surface area (Å²) in [5, 5.41) is 0. The lowest BCUT2D eigenvalue weighted by atomic mass is 9.85. The van der Waals surface area contributed by atoms with E-state index in [2.05, 4.69) is 67.7 Å². The van der Waals surface area contributed by atoms with Crippen LogP contribution in [0.15, 0.2) is 101 Å². The number of allylic oxidation sites excluding steroid dienone is 1. The number of hydrogen-bond donors (Lipinski definition) is 0. The van der Waals surface area contributed by atoms with Crippen LogP contribution in [0.3, 0.4) is 0 Å². The van der Waals surface area contributed by atoms with Crippen molar-refractivity contribution in [1.82, 2.24) is 0 Å². The Bertz CT molecular complexity index is 2030. The van der Waals surface area contributed by atoms with Crippen molar-refractivity contribution in [3.8, 4) is 23.3 Å². The Labute approximate surface area is 277 Å². The van der Waals surface area contributed by atoms with Gasteiger partial charge in [0.05, 0.1) is 12.0 Å². The lowest BCUT2D eigenvalue weighted by Gasteiger charge is -2.19. The van der Waals surface area contributed by atoms with Crippen LogP contribution < -0.4 is 9.47 Å². The monoisotopic (exact) mass is 646 g/mol. The van der Waals surface area contributed by atoms with Gasteiger partial charge in [-0.05, 0) is 113 Å². The largest absolute Gasteiger partial charge is 0.489 e. The lowest BCUT2D eigenvalue weighted by molar-refractivity contribution is -0.142. The van der Waals surface area contributed by atoms with Crippen LogP contribution in [-0.2, 0) is 24.8 Å². The molecule has 0 fully saturated rings. The minimum Gasteiger partial charge on any atom is -0.489 e. The Morgan fingerprint density at radius 1 is 0.809 bits per heavy atom. The highest BCUT2D eigenvalue weighted by Crippen LogP contribution is 2.33. The normalized spacial score (nSPS) is 13.6. The standard InChI is InChI=1S/C40H38O6S/c1-27-23-35(18-19-37(27)46-26-39(41)44-6)45-22-21-36(32-14-16-34(17-15-32)40(3,4)5)31-12-9-29(10-13-31)7-8-30-11-20-38-33(25-30)24-28(2)47(38,42)43/h9-21,23-25H,22,26H2,1-6H3/b36-21+. The van der Waals surface area contributed by atoms with E-state index >= 15 is 0 Å². The van der Waals surface area contributed by atoms with Crippen LogP contribution in [0.25, 0.3) is 11.6 Å². The summed E-state index contributed by atoms with van der Waals surface area (Å²) in [6, 6.07) is 27.3. The zero-order chi connectivity index (χ0) is 33.8. The molecule has 4 aromatic rings. The molecule has 1 aliphatic heterocycles. The first-order chi connectivity index (χ1) is 22.3. The molecule has 0 aliphatic carbocycles. The molecule has 0 bridgehead atoms. The third-order valence-electron chi connectivity index (χ3n) is 7.95. The van der Waals surface area contributed by atoms with Gasteiger partial charge in [0, 0.05) is 16.0 Å². The number of rotatable bonds is 8. The number of hydrogen-bond acceptors (Lipinski definition) is 6. The van der Waals surface area contributed by atoms with Gasteiger partial charge in [0.15, 0.2) is 6.61 Å². The molecule has 0 radical (unpaired) electrons. The van der Waals surface area contributed by atoms with Crippen molar-refractivity contribution in [1.29, 1.82) is 0 Å². The zero-order valence-corrected chi connectivity index (χ0v) is 28.3. The molecule has 7 heteroatoms. The molecular weight excluding hydrogens is 609 g/mol. The molecule has 0 N–H and O–H groups in total. The SMILES string of the molecule is COC(=O)COc1ccc(OC/C=C(\c2ccc(C#Cc3ccc4c(c3)C=C(C)S4(=O)=O)cc2)c2ccc(C(C)(C)C)cc2)cc1C. The second-order valence-corrected chi connectivity index (χ2v) is 14.5. The predicted molar refractivity (Wildman–Crippen MR) is 186 cm³/mol. The van der Waals surface area contributed by atoms with E-state index in [9.17, 15) is 13.2 Å². The van der Waals surface area contributed by atoms with E-state index in [1.807, 2.05) is 49.4 Å². The molecular formula is C40H38O6S. The minimum absolute atomic E-state index is 0.0403. The Kier molecular flexibility index (Phi) is 9.74. The molecule has 0 aromatic heterocycles. The molecule has 0 saturated carbocycles. The maximum absolute atomic E-state index is 12.4. The maximum atomic E-state index is 12.4. The molecule has 1 heterocycles. The van der Waals surface area contributed by atoms with E-state index in [1.165, 1.54) is 12.7 Å². The highest BCUT2D eigenvalue weighted by atomic mass is 32.2. The fourth-order valence-electron chi connectivity index (χ4n) is 5.17. The second-order valence-electron chi connectivity index (χ2n) is 12.4. The number of benzene rings is 4. The third-order valence-corrected chi connectivity index (χ3v) is 9.86. The van der Waals surface area contributed by atoms with Gasteiger partial charge < -0.3 is 14.2 Å². The van der Waals surface area contributed by atoms with Crippen molar-refractivity contribution in [3.05, 3.63) is 135 Å². The van der Waals surface area contributed by atoms with Crippen molar-refractivity contribution in [2.45, 2.75) is 44.9 Å². The Morgan fingerprint density at radius 3 is 2.09 bits per heavy atom. The van der Waals surface area contributed by atoms with E-state index in [0.29, 0.717) is 33.5 Å². The molecule has 1 aliphatic rings. The van der Waals surface area contributed by atoms with Gasteiger partial charge in [-0.1, -0.05) is 69.0 Å². The number of ether oxygens (including phenoxy) is 3. The lowest BCUT2D eigenvalue weighted by Crippen LogP contribution is -2.13. The molecule has 5 rings (SSSR count). The van der Waals surface area contributed by atoms with Crippen LogP contribution in [-0.4, -0.2) is 34.7 Å². The summed E-state index contributed by atoms with van der Waals surface area (Å²) in [7, 11) is -2.04. The first-order valence-electron chi connectivity index (χ1n) is 15.3. The van der Waals surface area contributed by atoms with E-state index in [1.54, 1.807) is 31.2 Å². The zero-order valence-electron chi connectivity index (χ0n) is 27.5. The van der Waals surface area contributed by atoms with Gasteiger partial charge in [0.25, 0.3) is 0 Å². The quantitative estimate of drug-likeness (QED) is 0.143. The molecule has 0 unspecified atom stereocenters. The van der Waals surface area contributed by atoms with E-state index in [-0.39, 0.29) is 12.0 Å². The molecule has 240 valence electrons. The second kappa shape index (κ2) is 13.7. The van der Waals surface area contributed by atoms with Crippen LogP contribution in [0.2, 0.25) is 0 Å². The molecule has 4 aromatic carbocycles. The van der Waals surface area contributed by atoms with Gasteiger partial charge in [0.1, 0.15) is 18.1 Å². The maximum Gasteiger partial charge on any atom is 0.343 e. The summed E-state index contributed by atoms with van der Waals surface area (Å²) in [6.07, 6.45) is 3.76. The number of methoxy groups -OCH3 is 1. The van der Waals surface area contributed by atoms with Crippen LogP contribution in [0.1, 0.15) is 66.6 Å². The van der Waals surface area contributed by atoms with Gasteiger partial charge in [-0.3, -0.25) is 0 Å². The summed E-state index contributed by atoms with van der Waals surface area (Å²) >= 11 is 0. The summed E-state index contributed by atoms with van der Waals surface area (Å²) in [5.41, 5.74) is 7.54. The van der Waals surface area contributed by atoms with E-state index in [4.69, 9.17) is 9.47 Å². The average Bonchev–Trinajstić information content (AvgIpc) is 3.28. The fraction of sp³-hybridized carbons (Fsp3) is 0.225. The van der Waals surface area contributed by atoms with Gasteiger partial charge in [-0.2, -0.15) is 0 Å². The van der Waals surface area contributed by atoms with Crippen molar-refractivity contribution in [2.24, 2.45) is 0 Å². The molecule has 0 saturated heterocycles. The summed E-state index contributed by atoms with van der Waals surface area (Å²) in [4.78, 5) is 12.1. The van der Waals surface area contributed by atoms with E-state index in [0.717, 1.165) is 33.4 Å². The summed E-state index contributed by atoms with van der Waals surface area (Å²) < 4.78 is 41.1. The van der Waals surface area contributed by atoms with Gasteiger partial charge in [0.2, 0.25) is 9.84 Å². The van der Waals surface area contributed by atoms with Gasteiger partial charge >= 0.3 is 5.97 Å². The highest BCUT2D eigenvalue weighted by molar-refractivity contribution is 7.95. The van der Waals surface area contributed by atoms with Gasteiger partial charge in [-0.15, -0.1) is 0 Å². The first-order valence-corrected chi connectivity index (χ1v) is 16.8.